The van der Waals surface area contributed by atoms with Crippen molar-refractivity contribution in [2.45, 2.75) is 33.1 Å². The minimum absolute atomic E-state index is 0.0171. The van der Waals surface area contributed by atoms with Gasteiger partial charge in [-0.25, -0.2) is 9.80 Å². The minimum atomic E-state index is -0.698. The minimum Gasteiger partial charge on any atom is -0.457 e. The first kappa shape index (κ1) is 64.2. The van der Waals surface area contributed by atoms with E-state index in [-0.39, 0.29) is 60.3 Å². The molecule has 92 heavy (non-hydrogen) atoms. The fraction of sp³-hybridized carbons (Fsp3) is 0.0725. The topological polar surface area (TPSA) is 253 Å². The van der Waals surface area contributed by atoms with Crippen LogP contribution < -0.4 is 40.5 Å². The number of amides is 8. The number of imide groups is 2. The maximum atomic E-state index is 13.5. The summed E-state index contributed by atoms with van der Waals surface area (Å²) < 4.78 is 11.6. The van der Waals surface area contributed by atoms with Crippen molar-refractivity contribution in [3.8, 4) is 23.0 Å². The Hall–Kier alpha value is -10.8. The molecule has 19 nitrogen and oxygen atoms in total. The van der Waals surface area contributed by atoms with Crippen LogP contribution in [0.2, 0.25) is 10.0 Å². The molecule has 4 N–H and O–H groups in total. The quantitative estimate of drug-likeness (QED) is 0.0240. The van der Waals surface area contributed by atoms with Gasteiger partial charge in [-0.15, -0.1) is 23.5 Å². The molecule has 2 aliphatic rings. The molecule has 11 rings (SSSR count). The number of anilines is 4. The van der Waals surface area contributed by atoms with Crippen molar-refractivity contribution in [3.63, 3.8) is 0 Å². The third-order valence-corrected chi connectivity index (χ3v) is 16.5. The average molecular weight is 1310 g/mol. The highest BCUT2D eigenvalue weighted by atomic mass is 35.5. The Morgan fingerprint density at radius 3 is 1.39 bits per heavy atom. The summed E-state index contributed by atoms with van der Waals surface area (Å²) in [7, 11) is 0. The Bertz CT molecular complexity index is 4270. The lowest BCUT2D eigenvalue weighted by Gasteiger charge is -2.16. The lowest BCUT2D eigenvalue weighted by atomic mass is 10.1. The summed E-state index contributed by atoms with van der Waals surface area (Å²) in [6, 6.07) is 63.4. The largest absolute Gasteiger partial charge is 0.457 e. The maximum absolute atomic E-state index is 13.5. The third-order valence-electron chi connectivity index (χ3n) is 13.7. The van der Waals surface area contributed by atoms with E-state index >= 15 is 0 Å². The fourth-order valence-electron chi connectivity index (χ4n) is 9.22. The number of nitrogens with one attached hydrogen (secondary N) is 4. The summed E-state index contributed by atoms with van der Waals surface area (Å²) >= 11 is 14.3. The van der Waals surface area contributed by atoms with Gasteiger partial charge in [0.25, 0.3) is 23.4 Å². The number of non-ortho nitro benzene ring substituents is 1. The van der Waals surface area contributed by atoms with Crippen LogP contribution in [0.15, 0.2) is 246 Å². The third kappa shape index (κ3) is 17.1. The molecule has 9 aromatic rings. The molecule has 0 saturated carbocycles. The van der Waals surface area contributed by atoms with Crippen molar-refractivity contribution in [2.24, 2.45) is 0 Å². The van der Waals surface area contributed by atoms with Crippen molar-refractivity contribution in [2.75, 3.05) is 27.0 Å². The number of thioether (sulfide) groups is 2. The number of benzene rings is 9. The first-order valence-corrected chi connectivity index (χ1v) is 30.6. The molecule has 9 aromatic carbocycles. The van der Waals surface area contributed by atoms with Crippen molar-refractivity contribution >= 4 is 128 Å². The second-order valence-electron chi connectivity index (χ2n) is 20.2. The van der Waals surface area contributed by atoms with Gasteiger partial charge in [0.2, 0.25) is 29.5 Å². The van der Waals surface area contributed by atoms with Crippen LogP contribution >= 0.6 is 46.7 Å². The van der Waals surface area contributed by atoms with E-state index in [4.69, 9.17) is 32.7 Å². The Morgan fingerprint density at radius 2 is 0.946 bits per heavy atom. The molecule has 0 aliphatic carbocycles. The van der Waals surface area contributed by atoms with Crippen LogP contribution in [0.25, 0.3) is 6.08 Å². The Morgan fingerprint density at radius 1 is 0.522 bits per heavy atom. The predicted octanol–water partition coefficient (Wildman–Crippen LogP) is 13.8. The number of nitro benzene ring substituents is 1. The molecule has 2 atom stereocenters. The van der Waals surface area contributed by atoms with E-state index in [1.807, 2.05) is 0 Å². The Balaban J connectivity index is 0.000000206. The van der Waals surface area contributed by atoms with Crippen LogP contribution in [0.1, 0.15) is 39.1 Å². The van der Waals surface area contributed by atoms with Gasteiger partial charge in [0, 0.05) is 67.3 Å². The first-order valence-electron chi connectivity index (χ1n) is 28.1. The van der Waals surface area contributed by atoms with Crippen molar-refractivity contribution in [1.82, 2.24) is 10.6 Å². The normalized spacial score (nSPS) is 14.4. The molecule has 0 bridgehead atoms. The van der Waals surface area contributed by atoms with Gasteiger partial charge < -0.3 is 30.7 Å². The summed E-state index contributed by atoms with van der Waals surface area (Å²) in [6.07, 6.45) is 1.44. The number of nitrogens with zero attached hydrogens (tertiary/aromatic N) is 3. The van der Waals surface area contributed by atoms with Crippen LogP contribution in [0, 0.1) is 10.1 Å². The summed E-state index contributed by atoms with van der Waals surface area (Å²) in [4.78, 5) is 118. The number of nitro groups is 1. The molecular weight excluding hydrogens is 1250 g/mol. The zero-order valence-electron chi connectivity index (χ0n) is 48.1. The number of ether oxygens (including phenoxy) is 2. The molecule has 23 heteroatoms. The molecular formula is C69H51Cl2N7O12S2. The zero-order chi connectivity index (χ0) is 64.7. The number of hydrogen-bond donors (Lipinski definition) is 4. The fourth-order valence-corrected chi connectivity index (χ4v) is 11.7. The van der Waals surface area contributed by atoms with Crippen molar-refractivity contribution in [3.05, 3.63) is 273 Å². The van der Waals surface area contributed by atoms with Crippen molar-refractivity contribution < 1.29 is 52.8 Å². The van der Waals surface area contributed by atoms with Gasteiger partial charge in [-0.1, -0.05) is 71.7 Å². The Kier molecular flexibility index (Phi) is 21.0. The van der Waals surface area contributed by atoms with Crippen LogP contribution in [0.3, 0.4) is 0 Å². The monoisotopic (exact) mass is 1300 g/mol. The Labute approximate surface area is 544 Å². The van der Waals surface area contributed by atoms with Crippen LogP contribution in [-0.2, 0) is 28.8 Å². The molecule has 2 fully saturated rings. The van der Waals surface area contributed by atoms with E-state index in [0.717, 1.165) is 9.80 Å². The van der Waals surface area contributed by atoms with Gasteiger partial charge in [0.1, 0.15) is 28.7 Å². The highest BCUT2D eigenvalue weighted by molar-refractivity contribution is 8.01. The second kappa shape index (κ2) is 30.1. The lowest BCUT2D eigenvalue weighted by molar-refractivity contribution is -0.384. The van der Waals surface area contributed by atoms with Crippen LogP contribution in [0.5, 0.6) is 23.0 Å². The van der Waals surface area contributed by atoms with E-state index in [1.54, 1.807) is 206 Å². The van der Waals surface area contributed by atoms with Crippen LogP contribution in [-0.4, -0.2) is 69.2 Å². The van der Waals surface area contributed by atoms with E-state index < -0.39 is 33.1 Å². The molecule has 2 saturated heterocycles. The number of halogens is 2. The van der Waals surface area contributed by atoms with Gasteiger partial charge in [-0.3, -0.25) is 48.5 Å². The summed E-state index contributed by atoms with van der Waals surface area (Å²) in [5.41, 5.74) is 2.78. The SMILES string of the molecule is O=C(CNC(=O)c1ccccc1)Nc1cccc(SC2CC(=O)N(c3ccc(Oc4ccc(Cl)cc4)cc3)C2=O)c1.O=C(Nc1cccc(SC2CC(=O)N(c3ccc(Oc4ccc(Cl)cc4)cc3)C2=O)c1)/C(=C\c1ccc([N+](=O)[O-])cc1)NC(=O)c1ccccc1. The standard InChI is InChI=1S/C38H27ClN4O7S.C31H24ClN3O5S/c39-26-11-17-30(18-12-26)50-31-19-15-28(16-20-31)42-35(44)23-34(38(42)47)51-32-8-4-7-27(22-32)40-37(46)33(41-36(45)25-5-2-1-3-6-25)21-24-9-13-29(14-10-24)43(48)49;32-21-9-13-24(14-10-21)40-25-15-11-23(12-16-25)35-29(37)18-27(31(35)39)41-26-8-4-7-22(17-26)34-28(36)19-33-30(38)20-5-2-1-3-6-20/h1-22,34H,23H2,(H,40,46)(H,41,45);1-17,27H,18-19H2,(H,33,38)(H,34,36)/b33-21+;. The number of rotatable bonds is 20. The first-order chi connectivity index (χ1) is 44.5. The van der Waals surface area contributed by atoms with Crippen molar-refractivity contribution in [1.29, 1.82) is 0 Å². The van der Waals surface area contributed by atoms with Gasteiger partial charge in [0.05, 0.1) is 33.3 Å². The molecule has 0 radical (unpaired) electrons. The summed E-state index contributed by atoms with van der Waals surface area (Å²) in [6.45, 7) is -0.195. The molecule has 8 amide bonds. The highest BCUT2D eigenvalue weighted by Gasteiger charge is 2.41. The number of hydrogen-bond acceptors (Lipinski definition) is 14. The number of carbonyl (C=O) groups excluding carboxylic acids is 8. The van der Waals surface area contributed by atoms with E-state index in [0.29, 0.717) is 77.4 Å². The molecule has 0 spiro atoms. The summed E-state index contributed by atoms with van der Waals surface area (Å²) in [5, 5.41) is 21.7. The highest BCUT2D eigenvalue weighted by Crippen LogP contribution is 2.38. The van der Waals surface area contributed by atoms with E-state index in [2.05, 4.69) is 21.3 Å². The van der Waals surface area contributed by atoms with Gasteiger partial charge >= 0.3 is 0 Å². The molecule has 2 unspecified atom stereocenters. The molecule has 2 aliphatic heterocycles. The molecule has 2 heterocycles. The van der Waals surface area contributed by atoms with E-state index in [1.165, 1.54) is 58.8 Å². The number of carbonyl (C=O) groups is 8. The van der Waals surface area contributed by atoms with Gasteiger partial charge in [-0.05, 0) is 181 Å². The average Bonchev–Trinajstić information content (AvgIpc) is 1.74. The maximum Gasteiger partial charge on any atom is 0.272 e. The van der Waals surface area contributed by atoms with Gasteiger partial charge in [0.15, 0.2) is 0 Å². The summed E-state index contributed by atoms with van der Waals surface area (Å²) in [5.74, 6) is -0.960. The lowest BCUT2D eigenvalue weighted by Crippen LogP contribution is -2.32. The van der Waals surface area contributed by atoms with Crippen LogP contribution in [0.4, 0.5) is 28.4 Å². The van der Waals surface area contributed by atoms with Gasteiger partial charge in [-0.2, -0.15) is 0 Å². The molecule has 460 valence electrons. The zero-order valence-corrected chi connectivity index (χ0v) is 51.3. The second-order valence-corrected chi connectivity index (χ2v) is 23.6. The smallest absolute Gasteiger partial charge is 0.272 e. The molecule has 0 aromatic heterocycles. The van der Waals surface area contributed by atoms with E-state index in [9.17, 15) is 48.5 Å². The predicted molar refractivity (Wildman–Crippen MR) is 353 cm³/mol.